The van der Waals surface area contributed by atoms with Crippen molar-refractivity contribution in [3.05, 3.63) is 47.0 Å². The highest BCUT2D eigenvalue weighted by Crippen LogP contribution is 2.47. The van der Waals surface area contributed by atoms with Crippen molar-refractivity contribution in [3.8, 4) is 0 Å². The third-order valence-corrected chi connectivity index (χ3v) is 7.88. The average Bonchev–Trinajstić information content (AvgIpc) is 2.72. The SMILES string of the molecule is C/C=C/COC1CCC2CC(C3CCc4cc(CC)ccc4C3)CCC2C1. The minimum Gasteiger partial charge on any atom is -0.374 e. The summed E-state index contributed by atoms with van der Waals surface area (Å²) in [6.45, 7) is 5.16. The maximum Gasteiger partial charge on any atom is 0.0651 e. The van der Waals surface area contributed by atoms with E-state index in [0.717, 1.165) is 30.3 Å². The molecule has 0 radical (unpaired) electrons. The molecular formula is C26H38O. The molecule has 3 aliphatic carbocycles. The number of fused-ring (bicyclic) bond motifs is 2. The fourth-order valence-electron chi connectivity index (χ4n) is 6.21. The van der Waals surface area contributed by atoms with Gasteiger partial charge in [-0.15, -0.1) is 0 Å². The molecule has 2 saturated carbocycles. The van der Waals surface area contributed by atoms with Crippen LogP contribution in [0.15, 0.2) is 30.4 Å². The monoisotopic (exact) mass is 366 g/mol. The van der Waals surface area contributed by atoms with Gasteiger partial charge in [-0.05, 0) is 111 Å². The fraction of sp³-hybridized carbons (Fsp3) is 0.692. The molecule has 0 N–H and O–H groups in total. The van der Waals surface area contributed by atoms with Crippen molar-refractivity contribution in [1.29, 1.82) is 0 Å². The molecule has 3 aliphatic rings. The first-order valence-corrected chi connectivity index (χ1v) is 11.6. The van der Waals surface area contributed by atoms with Crippen molar-refractivity contribution in [2.75, 3.05) is 6.61 Å². The number of benzene rings is 1. The second kappa shape index (κ2) is 8.95. The quantitative estimate of drug-likeness (QED) is 0.538. The van der Waals surface area contributed by atoms with Gasteiger partial charge in [0.25, 0.3) is 0 Å². The van der Waals surface area contributed by atoms with E-state index < -0.39 is 0 Å². The zero-order valence-corrected chi connectivity index (χ0v) is 17.5. The Balaban J connectivity index is 1.31. The summed E-state index contributed by atoms with van der Waals surface area (Å²) in [5.74, 6) is 3.84. The van der Waals surface area contributed by atoms with Crippen LogP contribution in [0.1, 0.15) is 75.5 Å². The third kappa shape index (κ3) is 4.50. The molecule has 0 saturated heterocycles. The number of hydrogen-bond donors (Lipinski definition) is 0. The van der Waals surface area contributed by atoms with Crippen LogP contribution in [0, 0.1) is 23.7 Å². The standard InChI is InChI=1S/C26H38O/c1-3-5-14-27-26-13-12-24-17-23(10-11-25(24)18-26)22-9-8-20-15-19(4-2)6-7-21(20)16-22/h3,5-7,15,22-26H,4,8-14,16-18H2,1-2H3/b5-3+. The summed E-state index contributed by atoms with van der Waals surface area (Å²) in [5.41, 5.74) is 4.82. The Hall–Kier alpha value is -1.08. The number of aryl methyl sites for hydroxylation is 2. The molecule has 0 amide bonds. The molecule has 4 rings (SSSR count). The van der Waals surface area contributed by atoms with Crippen LogP contribution in [0.3, 0.4) is 0 Å². The summed E-state index contributed by atoms with van der Waals surface area (Å²) < 4.78 is 6.09. The van der Waals surface area contributed by atoms with Crippen LogP contribution in [-0.4, -0.2) is 12.7 Å². The van der Waals surface area contributed by atoms with Crippen molar-refractivity contribution >= 4 is 0 Å². The van der Waals surface area contributed by atoms with Crippen LogP contribution in [0.2, 0.25) is 0 Å². The zero-order valence-electron chi connectivity index (χ0n) is 17.5. The van der Waals surface area contributed by atoms with Gasteiger partial charge < -0.3 is 4.74 Å². The van der Waals surface area contributed by atoms with E-state index in [0.29, 0.717) is 6.10 Å². The second-order valence-corrected chi connectivity index (χ2v) is 9.39. The Morgan fingerprint density at radius 2 is 1.70 bits per heavy atom. The van der Waals surface area contributed by atoms with Gasteiger partial charge in [0.15, 0.2) is 0 Å². The van der Waals surface area contributed by atoms with Gasteiger partial charge in [0.2, 0.25) is 0 Å². The van der Waals surface area contributed by atoms with Crippen LogP contribution < -0.4 is 0 Å². The van der Waals surface area contributed by atoms with Crippen molar-refractivity contribution < 1.29 is 4.74 Å². The molecule has 1 aromatic rings. The summed E-state index contributed by atoms with van der Waals surface area (Å²) in [7, 11) is 0. The van der Waals surface area contributed by atoms with Crippen molar-refractivity contribution in [3.63, 3.8) is 0 Å². The van der Waals surface area contributed by atoms with Gasteiger partial charge in [-0.25, -0.2) is 0 Å². The van der Waals surface area contributed by atoms with Crippen LogP contribution >= 0.6 is 0 Å². The third-order valence-electron chi connectivity index (χ3n) is 7.88. The molecule has 1 heteroatoms. The predicted octanol–water partition coefficient (Wildman–Crippen LogP) is 6.53. The Bertz CT molecular complexity index is 646. The Morgan fingerprint density at radius 3 is 2.52 bits per heavy atom. The summed E-state index contributed by atoms with van der Waals surface area (Å²) in [6.07, 6.45) is 18.5. The van der Waals surface area contributed by atoms with Crippen LogP contribution in [0.5, 0.6) is 0 Å². The van der Waals surface area contributed by atoms with Crippen LogP contribution in [0.4, 0.5) is 0 Å². The average molecular weight is 367 g/mol. The van der Waals surface area contributed by atoms with Crippen LogP contribution in [0.25, 0.3) is 0 Å². The van der Waals surface area contributed by atoms with E-state index in [4.69, 9.17) is 4.74 Å². The molecule has 1 aromatic carbocycles. The number of rotatable bonds is 5. The van der Waals surface area contributed by atoms with E-state index in [1.807, 2.05) is 0 Å². The van der Waals surface area contributed by atoms with E-state index in [1.165, 1.54) is 69.8 Å². The van der Waals surface area contributed by atoms with E-state index in [-0.39, 0.29) is 0 Å². The van der Waals surface area contributed by atoms with Gasteiger partial charge in [0.1, 0.15) is 0 Å². The Labute approximate surface area is 166 Å². The number of hydrogen-bond acceptors (Lipinski definition) is 1. The van der Waals surface area contributed by atoms with Gasteiger partial charge in [-0.3, -0.25) is 0 Å². The van der Waals surface area contributed by atoms with Gasteiger partial charge in [0.05, 0.1) is 12.7 Å². The normalized spacial score (nSPS) is 33.6. The van der Waals surface area contributed by atoms with Crippen LogP contribution in [-0.2, 0) is 24.0 Å². The molecule has 27 heavy (non-hydrogen) atoms. The summed E-state index contributed by atoms with van der Waals surface area (Å²) in [6, 6.07) is 7.30. The van der Waals surface area contributed by atoms with Gasteiger partial charge in [-0.1, -0.05) is 37.3 Å². The lowest BCUT2D eigenvalue weighted by Gasteiger charge is -2.45. The molecule has 0 spiro atoms. The lowest BCUT2D eigenvalue weighted by molar-refractivity contribution is -0.0138. The summed E-state index contributed by atoms with van der Waals surface area (Å²) in [5, 5.41) is 0. The molecular weight excluding hydrogens is 328 g/mol. The van der Waals surface area contributed by atoms with E-state index >= 15 is 0 Å². The second-order valence-electron chi connectivity index (χ2n) is 9.39. The highest BCUT2D eigenvalue weighted by atomic mass is 16.5. The first-order chi connectivity index (χ1) is 13.3. The molecule has 5 unspecified atom stereocenters. The topological polar surface area (TPSA) is 9.23 Å². The van der Waals surface area contributed by atoms with Crippen molar-refractivity contribution in [1.82, 2.24) is 0 Å². The molecule has 0 aromatic heterocycles. The van der Waals surface area contributed by atoms with E-state index in [9.17, 15) is 0 Å². The van der Waals surface area contributed by atoms with Crippen molar-refractivity contribution in [2.45, 2.75) is 84.2 Å². The number of allylic oxidation sites excluding steroid dienone is 1. The molecule has 0 heterocycles. The fourth-order valence-corrected chi connectivity index (χ4v) is 6.21. The summed E-state index contributed by atoms with van der Waals surface area (Å²) >= 11 is 0. The minimum absolute atomic E-state index is 0.522. The minimum atomic E-state index is 0.522. The highest BCUT2D eigenvalue weighted by molar-refractivity contribution is 5.34. The molecule has 1 nitrogen and oxygen atoms in total. The molecule has 148 valence electrons. The first kappa shape index (κ1) is 19.2. The molecule has 5 atom stereocenters. The van der Waals surface area contributed by atoms with Crippen molar-refractivity contribution in [2.24, 2.45) is 23.7 Å². The van der Waals surface area contributed by atoms with E-state index in [1.54, 1.807) is 11.1 Å². The molecule has 0 aliphatic heterocycles. The van der Waals surface area contributed by atoms with Gasteiger partial charge in [-0.2, -0.15) is 0 Å². The lowest BCUT2D eigenvalue weighted by atomic mass is 9.62. The van der Waals surface area contributed by atoms with Gasteiger partial charge >= 0.3 is 0 Å². The maximum atomic E-state index is 6.09. The zero-order chi connectivity index (χ0) is 18.6. The largest absolute Gasteiger partial charge is 0.374 e. The Kier molecular flexibility index (Phi) is 6.38. The molecule has 2 fully saturated rings. The first-order valence-electron chi connectivity index (χ1n) is 11.6. The maximum absolute atomic E-state index is 6.09. The molecule has 0 bridgehead atoms. The van der Waals surface area contributed by atoms with E-state index in [2.05, 4.69) is 44.2 Å². The highest BCUT2D eigenvalue weighted by Gasteiger charge is 2.38. The lowest BCUT2D eigenvalue weighted by Crippen LogP contribution is -2.37. The smallest absolute Gasteiger partial charge is 0.0651 e. The summed E-state index contributed by atoms with van der Waals surface area (Å²) in [4.78, 5) is 0. The predicted molar refractivity (Wildman–Crippen MR) is 114 cm³/mol. The number of ether oxygens (including phenoxy) is 1. The Morgan fingerprint density at radius 1 is 0.926 bits per heavy atom. The van der Waals surface area contributed by atoms with Gasteiger partial charge in [0, 0.05) is 0 Å².